The van der Waals surface area contributed by atoms with Gasteiger partial charge in [-0.3, -0.25) is 4.79 Å². The molecule has 0 bridgehead atoms. The number of primary amides is 1. The molecular formula is C15H15FN2O2. The average molecular weight is 274 g/mol. The number of nitrogens with two attached hydrogens (primary N) is 2. The first kappa shape index (κ1) is 14.0. The molecule has 1 atom stereocenters. The molecule has 5 heteroatoms. The predicted molar refractivity (Wildman–Crippen MR) is 74.0 cm³/mol. The van der Waals surface area contributed by atoms with E-state index < -0.39 is 11.7 Å². The second-order valence-corrected chi connectivity index (χ2v) is 4.44. The number of para-hydroxylation sites is 1. The number of amides is 1. The highest BCUT2D eigenvalue weighted by molar-refractivity contribution is 5.95. The first-order valence-electron chi connectivity index (χ1n) is 6.10. The molecule has 2 aromatic carbocycles. The van der Waals surface area contributed by atoms with Crippen LogP contribution in [0, 0.1) is 5.82 Å². The number of rotatable bonds is 4. The Kier molecular flexibility index (Phi) is 4.00. The topological polar surface area (TPSA) is 78.3 Å². The predicted octanol–water partition coefficient (Wildman–Crippen LogP) is 2.74. The van der Waals surface area contributed by atoms with Crippen LogP contribution in [0.25, 0.3) is 0 Å². The summed E-state index contributed by atoms with van der Waals surface area (Å²) < 4.78 is 19.4. The molecule has 104 valence electrons. The SMILES string of the molecule is C[C@H](N)c1ccc(Oc2ccccc2C(N)=O)c(F)c1. The van der Waals surface area contributed by atoms with Gasteiger partial charge in [-0.05, 0) is 36.8 Å². The van der Waals surface area contributed by atoms with E-state index in [1.165, 1.54) is 18.2 Å². The molecule has 4 N–H and O–H groups in total. The Morgan fingerprint density at radius 3 is 2.50 bits per heavy atom. The maximum absolute atomic E-state index is 13.9. The number of carbonyl (C=O) groups excluding carboxylic acids is 1. The normalized spacial score (nSPS) is 11.9. The van der Waals surface area contributed by atoms with Gasteiger partial charge in [0.2, 0.25) is 0 Å². The van der Waals surface area contributed by atoms with Crippen molar-refractivity contribution in [2.45, 2.75) is 13.0 Å². The van der Waals surface area contributed by atoms with Gasteiger partial charge in [0.05, 0.1) is 5.56 Å². The standard InChI is InChI=1S/C15H15FN2O2/c1-9(17)10-6-7-14(12(16)8-10)20-13-5-3-2-4-11(13)15(18)19/h2-9H,17H2,1H3,(H2,18,19)/t9-/m0/s1. The van der Waals surface area contributed by atoms with Gasteiger partial charge in [-0.25, -0.2) is 4.39 Å². The van der Waals surface area contributed by atoms with Gasteiger partial charge in [0.25, 0.3) is 5.91 Å². The highest BCUT2D eigenvalue weighted by atomic mass is 19.1. The molecule has 0 radical (unpaired) electrons. The van der Waals surface area contributed by atoms with Crippen molar-refractivity contribution >= 4 is 5.91 Å². The van der Waals surface area contributed by atoms with Gasteiger partial charge in [0, 0.05) is 6.04 Å². The Balaban J connectivity index is 2.33. The lowest BCUT2D eigenvalue weighted by Crippen LogP contribution is -2.12. The molecule has 0 aromatic heterocycles. The molecule has 2 aromatic rings. The van der Waals surface area contributed by atoms with Crippen molar-refractivity contribution in [1.82, 2.24) is 0 Å². The van der Waals surface area contributed by atoms with E-state index in [0.29, 0.717) is 5.56 Å². The van der Waals surface area contributed by atoms with Crippen LogP contribution in [0.4, 0.5) is 4.39 Å². The third-order valence-electron chi connectivity index (χ3n) is 2.85. The van der Waals surface area contributed by atoms with Crippen molar-refractivity contribution < 1.29 is 13.9 Å². The van der Waals surface area contributed by atoms with Crippen LogP contribution in [-0.4, -0.2) is 5.91 Å². The number of hydrogen-bond acceptors (Lipinski definition) is 3. The van der Waals surface area contributed by atoms with Gasteiger partial charge in [-0.2, -0.15) is 0 Å². The molecule has 0 unspecified atom stereocenters. The van der Waals surface area contributed by atoms with Crippen molar-refractivity contribution in [3.8, 4) is 11.5 Å². The third kappa shape index (κ3) is 2.95. The zero-order valence-electron chi connectivity index (χ0n) is 11.0. The first-order chi connectivity index (χ1) is 9.49. The first-order valence-corrected chi connectivity index (χ1v) is 6.10. The van der Waals surface area contributed by atoms with Crippen LogP contribution in [0.15, 0.2) is 42.5 Å². The summed E-state index contributed by atoms with van der Waals surface area (Å²) in [5, 5.41) is 0. The fraction of sp³-hybridized carbons (Fsp3) is 0.133. The number of carbonyl (C=O) groups is 1. The van der Waals surface area contributed by atoms with Gasteiger partial charge in [0.15, 0.2) is 11.6 Å². The van der Waals surface area contributed by atoms with E-state index in [2.05, 4.69) is 0 Å². The summed E-state index contributed by atoms with van der Waals surface area (Å²) >= 11 is 0. The minimum Gasteiger partial charge on any atom is -0.453 e. The highest BCUT2D eigenvalue weighted by Crippen LogP contribution is 2.28. The molecule has 20 heavy (non-hydrogen) atoms. The zero-order chi connectivity index (χ0) is 14.7. The van der Waals surface area contributed by atoms with Crippen molar-refractivity contribution in [3.63, 3.8) is 0 Å². The highest BCUT2D eigenvalue weighted by Gasteiger charge is 2.12. The Morgan fingerprint density at radius 1 is 1.20 bits per heavy atom. The molecule has 0 aliphatic heterocycles. The van der Waals surface area contributed by atoms with E-state index in [0.717, 1.165) is 0 Å². The maximum Gasteiger partial charge on any atom is 0.252 e. The van der Waals surface area contributed by atoms with Gasteiger partial charge >= 0.3 is 0 Å². The van der Waals surface area contributed by atoms with Gasteiger partial charge in [-0.15, -0.1) is 0 Å². The average Bonchev–Trinajstić information content (AvgIpc) is 2.41. The Hall–Kier alpha value is -2.40. The van der Waals surface area contributed by atoms with Crippen LogP contribution < -0.4 is 16.2 Å². The quantitative estimate of drug-likeness (QED) is 0.899. The molecule has 0 saturated carbocycles. The van der Waals surface area contributed by atoms with Gasteiger partial charge < -0.3 is 16.2 Å². The molecule has 4 nitrogen and oxygen atoms in total. The molecule has 0 saturated heterocycles. The second kappa shape index (κ2) is 5.71. The van der Waals surface area contributed by atoms with E-state index in [-0.39, 0.29) is 23.1 Å². The summed E-state index contributed by atoms with van der Waals surface area (Å²) in [6.07, 6.45) is 0. The van der Waals surface area contributed by atoms with Crippen LogP contribution >= 0.6 is 0 Å². The van der Waals surface area contributed by atoms with Crippen LogP contribution in [0.3, 0.4) is 0 Å². The van der Waals surface area contributed by atoms with E-state index in [1.807, 2.05) is 0 Å². The Labute approximate surface area is 116 Å². The summed E-state index contributed by atoms with van der Waals surface area (Å²) in [5.74, 6) is -0.942. The molecule has 0 aliphatic rings. The van der Waals surface area contributed by atoms with Crippen LogP contribution in [-0.2, 0) is 0 Å². The maximum atomic E-state index is 13.9. The lowest BCUT2D eigenvalue weighted by molar-refractivity contribution is 0.0998. The molecule has 0 aliphatic carbocycles. The lowest BCUT2D eigenvalue weighted by atomic mass is 10.1. The number of ether oxygens (including phenoxy) is 1. The van der Waals surface area contributed by atoms with Gasteiger partial charge in [0.1, 0.15) is 5.75 Å². The Morgan fingerprint density at radius 2 is 1.90 bits per heavy atom. The molecule has 0 fully saturated rings. The summed E-state index contributed by atoms with van der Waals surface area (Å²) in [5.41, 5.74) is 11.8. The van der Waals surface area contributed by atoms with Crippen molar-refractivity contribution in [1.29, 1.82) is 0 Å². The molecule has 0 heterocycles. The third-order valence-corrected chi connectivity index (χ3v) is 2.85. The smallest absolute Gasteiger partial charge is 0.252 e. The molecule has 0 spiro atoms. The summed E-state index contributed by atoms with van der Waals surface area (Å²) in [6.45, 7) is 1.76. The van der Waals surface area contributed by atoms with Crippen molar-refractivity contribution in [2.75, 3.05) is 0 Å². The zero-order valence-corrected chi connectivity index (χ0v) is 11.0. The molecular weight excluding hydrogens is 259 g/mol. The summed E-state index contributed by atoms with van der Waals surface area (Å²) in [6, 6.07) is 10.6. The van der Waals surface area contributed by atoms with Crippen LogP contribution in [0.1, 0.15) is 28.9 Å². The van der Waals surface area contributed by atoms with Crippen molar-refractivity contribution in [2.24, 2.45) is 11.5 Å². The second-order valence-electron chi connectivity index (χ2n) is 4.44. The Bertz CT molecular complexity index is 642. The van der Waals surface area contributed by atoms with Crippen LogP contribution in [0.2, 0.25) is 0 Å². The van der Waals surface area contributed by atoms with E-state index >= 15 is 0 Å². The summed E-state index contributed by atoms with van der Waals surface area (Å²) in [7, 11) is 0. The largest absolute Gasteiger partial charge is 0.453 e. The van der Waals surface area contributed by atoms with Gasteiger partial charge in [-0.1, -0.05) is 18.2 Å². The summed E-state index contributed by atoms with van der Waals surface area (Å²) in [4.78, 5) is 11.3. The fourth-order valence-corrected chi connectivity index (χ4v) is 1.76. The molecule has 1 amide bonds. The molecule has 2 rings (SSSR count). The van der Waals surface area contributed by atoms with E-state index in [9.17, 15) is 9.18 Å². The number of hydrogen-bond donors (Lipinski definition) is 2. The monoisotopic (exact) mass is 274 g/mol. The van der Waals surface area contributed by atoms with E-state index in [1.54, 1.807) is 31.2 Å². The fourth-order valence-electron chi connectivity index (χ4n) is 1.76. The van der Waals surface area contributed by atoms with Crippen molar-refractivity contribution in [3.05, 3.63) is 59.4 Å². The van der Waals surface area contributed by atoms with E-state index in [4.69, 9.17) is 16.2 Å². The minimum atomic E-state index is -0.631. The number of halogens is 1. The van der Waals surface area contributed by atoms with Crippen LogP contribution in [0.5, 0.6) is 11.5 Å². The minimum absolute atomic E-state index is 0.0168. The number of benzene rings is 2. The lowest BCUT2D eigenvalue weighted by Gasteiger charge is -2.11.